The first-order chi connectivity index (χ1) is 11.7. The van der Waals surface area contributed by atoms with Crippen molar-refractivity contribution < 1.29 is 9.21 Å². The van der Waals surface area contributed by atoms with Crippen molar-refractivity contribution in [3.05, 3.63) is 47.7 Å². The minimum Gasteiger partial charge on any atom is -0.450 e. The highest BCUT2D eigenvalue weighted by Gasteiger charge is 2.32. The summed E-state index contributed by atoms with van der Waals surface area (Å²) in [7, 11) is 1.93. The summed E-state index contributed by atoms with van der Waals surface area (Å²) >= 11 is 0. The third kappa shape index (κ3) is 2.29. The third-order valence-corrected chi connectivity index (χ3v) is 5.10. The summed E-state index contributed by atoms with van der Waals surface area (Å²) in [6, 6.07) is 12.5. The van der Waals surface area contributed by atoms with Gasteiger partial charge in [0.1, 0.15) is 5.58 Å². The predicted molar refractivity (Wildman–Crippen MR) is 96.4 cm³/mol. The minimum absolute atomic E-state index is 0.0190. The number of benzene rings is 2. The molecule has 4 nitrogen and oxygen atoms in total. The average Bonchev–Trinajstić information content (AvgIpc) is 3.20. The molecule has 0 bridgehead atoms. The Labute approximate surface area is 141 Å². The summed E-state index contributed by atoms with van der Waals surface area (Å²) in [5.41, 5.74) is 1.76. The van der Waals surface area contributed by atoms with Gasteiger partial charge in [0.05, 0.1) is 0 Å². The standard InChI is InChI=1S/C20H22N2O2/c1-13-16-10-9-14-6-3-4-8-17(14)19(16)24-18(13)20(23)22-11-5-7-15(22)12-21-2/h3-4,6,8-10,15,21H,5,7,11-12H2,1-2H3. The first-order valence-corrected chi connectivity index (χ1v) is 8.57. The summed E-state index contributed by atoms with van der Waals surface area (Å²) in [6.07, 6.45) is 2.11. The molecule has 1 saturated heterocycles. The molecule has 24 heavy (non-hydrogen) atoms. The lowest BCUT2D eigenvalue weighted by Crippen LogP contribution is -2.40. The van der Waals surface area contributed by atoms with Gasteiger partial charge in [0.25, 0.3) is 5.91 Å². The molecule has 3 aromatic rings. The Kier molecular flexibility index (Phi) is 3.77. The Morgan fingerprint density at radius 2 is 2.08 bits per heavy atom. The molecule has 2 aromatic carbocycles. The van der Waals surface area contributed by atoms with Crippen LogP contribution in [0.2, 0.25) is 0 Å². The monoisotopic (exact) mass is 322 g/mol. The molecule has 1 aromatic heterocycles. The largest absolute Gasteiger partial charge is 0.450 e. The first kappa shape index (κ1) is 15.2. The van der Waals surface area contributed by atoms with Crippen LogP contribution in [0.1, 0.15) is 29.0 Å². The zero-order valence-electron chi connectivity index (χ0n) is 14.1. The minimum atomic E-state index is 0.0190. The van der Waals surface area contributed by atoms with Crippen LogP contribution in [-0.4, -0.2) is 37.0 Å². The molecule has 4 rings (SSSR count). The van der Waals surface area contributed by atoms with Crippen molar-refractivity contribution in [2.24, 2.45) is 0 Å². The number of likely N-dealkylation sites (tertiary alicyclic amines) is 1. The van der Waals surface area contributed by atoms with Crippen LogP contribution in [-0.2, 0) is 0 Å². The molecule has 124 valence electrons. The van der Waals surface area contributed by atoms with Crippen molar-refractivity contribution in [1.29, 1.82) is 0 Å². The maximum atomic E-state index is 13.1. The van der Waals surface area contributed by atoms with E-state index in [0.717, 1.165) is 53.2 Å². The van der Waals surface area contributed by atoms with Gasteiger partial charge in [-0.05, 0) is 32.2 Å². The van der Waals surface area contributed by atoms with Crippen LogP contribution in [0.15, 0.2) is 40.8 Å². The Bertz CT molecular complexity index is 913. The Hall–Kier alpha value is -2.33. The number of hydrogen-bond acceptors (Lipinski definition) is 3. The molecule has 1 aliphatic rings. The average molecular weight is 322 g/mol. The van der Waals surface area contributed by atoms with E-state index in [4.69, 9.17) is 4.42 Å². The van der Waals surface area contributed by atoms with Crippen LogP contribution in [0.25, 0.3) is 21.7 Å². The highest BCUT2D eigenvalue weighted by atomic mass is 16.3. The molecule has 2 heterocycles. The number of rotatable bonds is 3. The van der Waals surface area contributed by atoms with Gasteiger partial charge in [0.15, 0.2) is 5.76 Å². The molecular weight excluding hydrogens is 300 g/mol. The fraction of sp³-hybridized carbons (Fsp3) is 0.350. The van der Waals surface area contributed by atoms with Gasteiger partial charge in [-0.1, -0.05) is 36.4 Å². The van der Waals surface area contributed by atoms with Crippen molar-refractivity contribution in [3.8, 4) is 0 Å². The van der Waals surface area contributed by atoms with Crippen LogP contribution in [0.5, 0.6) is 0 Å². The van der Waals surface area contributed by atoms with Crippen LogP contribution < -0.4 is 5.32 Å². The number of carbonyl (C=O) groups excluding carboxylic acids is 1. The number of furan rings is 1. The van der Waals surface area contributed by atoms with E-state index < -0.39 is 0 Å². The SMILES string of the molecule is CNCC1CCCN1C(=O)c1oc2c(ccc3ccccc32)c1C. The van der Waals surface area contributed by atoms with Crippen LogP contribution in [0.4, 0.5) is 0 Å². The number of aryl methyl sites for hydroxylation is 1. The molecule has 1 atom stereocenters. The van der Waals surface area contributed by atoms with Crippen molar-refractivity contribution in [2.45, 2.75) is 25.8 Å². The number of hydrogen-bond donors (Lipinski definition) is 1. The number of nitrogens with one attached hydrogen (secondary N) is 1. The van der Waals surface area contributed by atoms with Crippen molar-refractivity contribution in [3.63, 3.8) is 0 Å². The van der Waals surface area contributed by atoms with E-state index in [1.54, 1.807) is 0 Å². The summed E-state index contributed by atoms with van der Waals surface area (Å²) in [5, 5.41) is 6.41. The highest BCUT2D eigenvalue weighted by Crippen LogP contribution is 2.33. The van der Waals surface area contributed by atoms with Crippen LogP contribution in [0, 0.1) is 6.92 Å². The van der Waals surface area contributed by atoms with Gasteiger partial charge in [0, 0.05) is 35.5 Å². The molecular formula is C20H22N2O2. The maximum absolute atomic E-state index is 13.1. The third-order valence-electron chi connectivity index (χ3n) is 5.10. The van der Waals surface area contributed by atoms with Gasteiger partial charge in [-0.3, -0.25) is 4.79 Å². The van der Waals surface area contributed by atoms with E-state index in [0.29, 0.717) is 5.76 Å². The Morgan fingerprint density at radius 1 is 1.25 bits per heavy atom. The van der Waals surface area contributed by atoms with Gasteiger partial charge in [-0.2, -0.15) is 0 Å². The molecule has 0 aliphatic carbocycles. The highest BCUT2D eigenvalue weighted by molar-refractivity contribution is 6.08. The van der Waals surface area contributed by atoms with Crippen molar-refractivity contribution in [2.75, 3.05) is 20.1 Å². The number of nitrogens with zero attached hydrogens (tertiary/aromatic N) is 1. The normalized spacial score (nSPS) is 17.9. The molecule has 1 amide bonds. The van der Waals surface area contributed by atoms with E-state index in [1.165, 1.54) is 0 Å². The summed E-state index contributed by atoms with van der Waals surface area (Å²) in [6.45, 7) is 3.62. The quantitative estimate of drug-likeness (QED) is 0.799. The van der Waals surface area contributed by atoms with Gasteiger partial charge >= 0.3 is 0 Å². The lowest BCUT2D eigenvalue weighted by Gasteiger charge is -2.23. The Morgan fingerprint density at radius 3 is 2.92 bits per heavy atom. The molecule has 0 saturated carbocycles. The number of carbonyl (C=O) groups is 1. The summed E-state index contributed by atoms with van der Waals surface area (Å²) in [5.74, 6) is 0.509. The smallest absolute Gasteiger partial charge is 0.290 e. The van der Waals surface area contributed by atoms with Crippen molar-refractivity contribution >= 4 is 27.6 Å². The topological polar surface area (TPSA) is 45.5 Å². The zero-order chi connectivity index (χ0) is 16.7. The van der Waals surface area contributed by atoms with Gasteiger partial charge < -0.3 is 14.6 Å². The van der Waals surface area contributed by atoms with E-state index >= 15 is 0 Å². The maximum Gasteiger partial charge on any atom is 0.290 e. The molecule has 0 spiro atoms. The second kappa shape index (κ2) is 5.95. The van der Waals surface area contributed by atoms with Gasteiger partial charge in [0.2, 0.25) is 0 Å². The molecule has 1 fully saturated rings. The van der Waals surface area contributed by atoms with E-state index in [1.807, 2.05) is 31.0 Å². The number of likely N-dealkylation sites (N-methyl/N-ethyl adjacent to an activating group) is 1. The lowest BCUT2D eigenvalue weighted by atomic mass is 10.1. The zero-order valence-corrected chi connectivity index (χ0v) is 14.1. The second-order valence-corrected chi connectivity index (χ2v) is 6.57. The lowest BCUT2D eigenvalue weighted by molar-refractivity contribution is 0.0706. The van der Waals surface area contributed by atoms with Gasteiger partial charge in [-0.25, -0.2) is 0 Å². The van der Waals surface area contributed by atoms with E-state index in [2.05, 4.69) is 29.6 Å². The summed E-state index contributed by atoms with van der Waals surface area (Å²) in [4.78, 5) is 15.0. The van der Waals surface area contributed by atoms with E-state index in [-0.39, 0.29) is 11.9 Å². The molecule has 1 unspecified atom stereocenters. The fourth-order valence-corrected chi connectivity index (χ4v) is 3.83. The molecule has 4 heteroatoms. The van der Waals surface area contributed by atoms with Crippen molar-refractivity contribution in [1.82, 2.24) is 10.2 Å². The summed E-state index contributed by atoms with van der Waals surface area (Å²) < 4.78 is 6.10. The predicted octanol–water partition coefficient (Wildman–Crippen LogP) is 3.72. The number of amides is 1. The molecule has 1 N–H and O–H groups in total. The van der Waals surface area contributed by atoms with Gasteiger partial charge in [-0.15, -0.1) is 0 Å². The molecule has 1 aliphatic heterocycles. The number of fused-ring (bicyclic) bond motifs is 3. The fourth-order valence-electron chi connectivity index (χ4n) is 3.83. The first-order valence-electron chi connectivity index (χ1n) is 8.57. The van der Waals surface area contributed by atoms with Crippen LogP contribution in [0.3, 0.4) is 0 Å². The molecule has 0 radical (unpaired) electrons. The van der Waals surface area contributed by atoms with E-state index in [9.17, 15) is 4.79 Å². The Balaban J connectivity index is 1.80. The van der Waals surface area contributed by atoms with Crippen LogP contribution >= 0.6 is 0 Å². The second-order valence-electron chi connectivity index (χ2n) is 6.57.